The summed E-state index contributed by atoms with van der Waals surface area (Å²) >= 11 is 1.38. The van der Waals surface area contributed by atoms with Gasteiger partial charge in [-0.05, 0) is 17.9 Å². The Morgan fingerprint density at radius 2 is 2.31 bits per heavy atom. The normalized spacial score (nSPS) is 10.5. The van der Waals surface area contributed by atoms with E-state index in [9.17, 15) is 13.6 Å². The monoisotopic (exact) mass is 205 g/mol. The van der Waals surface area contributed by atoms with E-state index in [0.717, 1.165) is 5.56 Å². The number of hydrogen-bond donors (Lipinski definition) is 1. The third kappa shape index (κ3) is 2.77. The van der Waals surface area contributed by atoms with E-state index in [1.807, 2.05) is 0 Å². The van der Waals surface area contributed by atoms with Gasteiger partial charge in [0.05, 0.1) is 12.1 Å². The first-order valence-electron chi connectivity index (χ1n) is 3.70. The highest BCUT2D eigenvalue weighted by Gasteiger charge is 2.11. The lowest BCUT2D eigenvalue weighted by molar-refractivity contribution is 0.0891. The Bertz CT molecular complexity index is 298. The zero-order chi connectivity index (χ0) is 9.84. The molecule has 0 fully saturated rings. The summed E-state index contributed by atoms with van der Waals surface area (Å²) in [5, 5.41) is 5.59. The number of rotatable bonds is 3. The van der Waals surface area contributed by atoms with Gasteiger partial charge in [-0.1, -0.05) is 0 Å². The molecular weight excluding hydrogens is 196 g/mol. The van der Waals surface area contributed by atoms with E-state index in [1.54, 1.807) is 17.7 Å². The molecule has 0 saturated carbocycles. The van der Waals surface area contributed by atoms with Gasteiger partial charge in [0.1, 0.15) is 0 Å². The van der Waals surface area contributed by atoms with Crippen LogP contribution in [-0.2, 0) is 0 Å². The molecule has 0 radical (unpaired) electrons. The molecule has 0 spiro atoms. The van der Waals surface area contributed by atoms with E-state index in [2.05, 4.69) is 5.32 Å². The summed E-state index contributed by atoms with van der Waals surface area (Å²) in [5.41, 5.74) is 1.29. The van der Waals surface area contributed by atoms with Crippen LogP contribution in [0.1, 0.15) is 15.9 Å². The third-order valence-corrected chi connectivity index (χ3v) is 2.38. The molecule has 0 aliphatic carbocycles. The number of alkyl halides is 2. The van der Waals surface area contributed by atoms with Crippen molar-refractivity contribution >= 4 is 17.2 Å². The lowest BCUT2D eigenvalue weighted by Gasteiger charge is -2.02. The molecule has 1 rings (SSSR count). The summed E-state index contributed by atoms with van der Waals surface area (Å²) in [5.74, 6) is -0.431. The number of nitrogens with one attached hydrogen (secondary N) is 1. The minimum atomic E-state index is -2.50. The number of aryl methyl sites for hydroxylation is 1. The Kier molecular flexibility index (Phi) is 3.36. The SMILES string of the molecule is Cc1cscc1C(=O)NCC(F)F. The standard InChI is InChI=1S/C8H9F2NOS/c1-5-3-13-4-6(5)8(12)11-2-7(9)10/h3-4,7H,2H2,1H3,(H,11,12). The minimum Gasteiger partial charge on any atom is -0.346 e. The number of amides is 1. The average molecular weight is 205 g/mol. The van der Waals surface area contributed by atoms with Crippen molar-refractivity contribution in [3.05, 3.63) is 21.9 Å². The van der Waals surface area contributed by atoms with Crippen LogP contribution in [-0.4, -0.2) is 18.9 Å². The Morgan fingerprint density at radius 1 is 1.62 bits per heavy atom. The maximum atomic E-state index is 11.7. The Morgan fingerprint density at radius 3 is 2.77 bits per heavy atom. The quantitative estimate of drug-likeness (QED) is 0.804. The first-order valence-corrected chi connectivity index (χ1v) is 4.64. The molecular formula is C8H9F2NOS. The van der Waals surface area contributed by atoms with Gasteiger partial charge in [-0.15, -0.1) is 0 Å². The predicted molar refractivity (Wildman–Crippen MR) is 47.4 cm³/mol. The van der Waals surface area contributed by atoms with Crippen molar-refractivity contribution in [3.63, 3.8) is 0 Å². The van der Waals surface area contributed by atoms with Crippen molar-refractivity contribution in [1.29, 1.82) is 0 Å². The number of hydrogen-bond acceptors (Lipinski definition) is 2. The number of thiophene rings is 1. The van der Waals surface area contributed by atoms with Crippen LogP contribution >= 0.6 is 11.3 Å². The molecule has 0 atom stereocenters. The average Bonchev–Trinajstić information content (AvgIpc) is 2.47. The fourth-order valence-electron chi connectivity index (χ4n) is 0.858. The van der Waals surface area contributed by atoms with E-state index >= 15 is 0 Å². The summed E-state index contributed by atoms with van der Waals surface area (Å²) in [7, 11) is 0. The van der Waals surface area contributed by atoms with E-state index in [0.29, 0.717) is 5.56 Å². The molecule has 1 heterocycles. The van der Waals surface area contributed by atoms with Crippen molar-refractivity contribution in [2.75, 3.05) is 6.54 Å². The van der Waals surface area contributed by atoms with Crippen molar-refractivity contribution < 1.29 is 13.6 Å². The second-order valence-electron chi connectivity index (χ2n) is 2.57. The topological polar surface area (TPSA) is 29.1 Å². The van der Waals surface area contributed by atoms with Crippen LogP contribution in [0.2, 0.25) is 0 Å². The van der Waals surface area contributed by atoms with Gasteiger partial charge >= 0.3 is 0 Å². The van der Waals surface area contributed by atoms with Gasteiger partial charge in [-0.2, -0.15) is 11.3 Å². The van der Waals surface area contributed by atoms with Crippen molar-refractivity contribution in [3.8, 4) is 0 Å². The summed E-state index contributed by atoms with van der Waals surface area (Å²) in [6, 6.07) is 0. The maximum Gasteiger partial charge on any atom is 0.255 e. The van der Waals surface area contributed by atoms with Crippen LogP contribution in [0.3, 0.4) is 0 Å². The zero-order valence-electron chi connectivity index (χ0n) is 7.01. The molecule has 0 unspecified atom stereocenters. The molecule has 13 heavy (non-hydrogen) atoms. The fraction of sp³-hybridized carbons (Fsp3) is 0.375. The van der Waals surface area contributed by atoms with E-state index in [-0.39, 0.29) is 0 Å². The smallest absolute Gasteiger partial charge is 0.255 e. The molecule has 1 N–H and O–H groups in total. The molecule has 0 aliphatic rings. The van der Waals surface area contributed by atoms with Crippen molar-refractivity contribution in [2.24, 2.45) is 0 Å². The van der Waals surface area contributed by atoms with Gasteiger partial charge < -0.3 is 5.32 Å². The van der Waals surface area contributed by atoms with Crippen LogP contribution in [0.5, 0.6) is 0 Å². The molecule has 1 amide bonds. The zero-order valence-corrected chi connectivity index (χ0v) is 7.83. The highest BCUT2D eigenvalue weighted by molar-refractivity contribution is 7.08. The van der Waals surface area contributed by atoms with Crippen LogP contribution in [0.25, 0.3) is 0 Å². The molecule has 0 saturated heterocycles. The molecule has 5 heteroatoms. The second kappa shape index (κ2) is 4.32. The van der Waals surface area contributed by atoms with Gasteiger partial charge in [0.25, 0.3) is 12.3 Å². The summed E-state index contributed by atoms with van der Waals surface area (Å²) in [6.45, 7) is 1.18. The predicted octanol–water partition coefficient (Wildman–Crippen LogP) is 2.05. The molecule has 2 nitrogen and oxygen atoms in total. The first kappa shape index (κ1) is 10.1. The highest BCUT2D eigenvalue weighted by Crippen LogP contribution is 2.13. The number of carbonyl (C=O) groups is 1. The Balaban J connectivity index is 2.54. The summed E-state index contributed by atoms with van der Waals surface area (Å²) < 4.78 is 23.5. The molecule has 1 aromatic heterocycles. The largest absolute Gasteiger partial charge is 0.346 e. The lowest BCUT2D eigenvalue weighted by atomic mass is 10.2. The van der Waals surface area contributed by atoms with Gasteiger partial charge in [-0.25, -0.2) is 8.78 Å². The van der Waals surface area contributed by atoms with Gasteiger partial charge in [0.2, 0.25) is 0 Å². The van der Waals surface area contributed by atoms with E-state index < -0.39 is 18.9 Å². The van der Waals surface area contributed by atoms with E-state index in [4.69, 9.17) is 0 Å². The summed E-state index contributed by atoms with van der Waals surface area (Å²) in [6.07, 6.45) is -2.50. The minimum absolute atomic E-state index is 0.431. The highest BCUT2D eigenvalue weighted by atomic mass is 32.1. The van der Waals surface area contributed by atoms with Gasteiger partial charge in [-0.3, -0.25) is 4.79 Å². The van der Waals surface area contributed by atoms with Gasteiger partial charge in [0.15, 0.2) is 0 Å². The molecule has 0 aromatic carbocycles. The van der Waals surface area contributed by atoms with Crippen molar-refractivity contribution in [1.82, 2.24) is 5.32 Å². The lowest BCUT2D eigenvalue weighted by Crippen LogP contribution is -2.28. The summed E-state index contributed by atoms with van der Waals surface area (Å²) in [4.78, 5) is 11.2. The second-order valence-corrected chi connectivity index (χ2v) is 3.31. The molecule has 1 aromatic rings. The van der Waals surface area contributed by atoms with E-state index in [1.165, 1.54) is 11.3 Å². The van der Waals surface area contributed by atoms with Crippen LogP contribution < -0.4 is 5.32 Å². The van der Waals surface area contributed by atoms with Crippen molar-refractivity contribution in [2.45, 2.75) is 13.3 Å². The van der Waals surface area contributed by atoms with Crippen LogP contribution in [0, 0.1) is 6.92 Å². The molecule has 0 bridgehead atoms. The third-order valence-electron chi connectivity index (χ3n) is 1.52. The van der Waals surface area contributed by atoms with Gasteiger partial charge in [0, 0.05) is 5.38 Å². The fourth-order valence-corrected chi connectivity index (χ4v) is 1.69. The maximum absolute atomic E-state index is 11.7. The number of carbonyl (C=O) groups excluding carboxylic acids is 1. The van der Waals surface area contributed by atoms with Crippen LogP contribution in [0.15, 0.2) is 10.8 Å². The Labute approximate surface area is 78.6 Å². The van der Waals surface area contributed by atoms with Crippen LogP contribution in [0.4, 0.5) is 8.78 Å². The first-order chi connectivity index (χ1) is 6.11. The molecule has 0 aliphatic heterocycles. The number of halogens is 2. The molecule has 72 valence electrons. The Hall–Kier alpha value is -0.970.